The van der Waals surface area contributed by atoms with Crippen molar-refractivity contribution in [2.75, 3.05) is 5.73 Å². The van der Waals surface area contributed by atoms with E-state index in [2.05, 4.69) is 0 Å². The molecule has 1 aromatic carbocycles. The van der Waals surface area contributed by atoms with Gasteiger partial charge in [0.25, 0.3) is 0 Å². The zero-order chi connectivity index (χ0) is 10.3. The summed E-state index contributed by atoms with van der Waals surface area (Å²) in [5, 5.41) is 9.24. The second kappa shape index (κ2) is 2.88. The number of hydrogen-bond donors (Lipinski definition) is 2. The van der Waals surface area contributed by atoms with Gasteiger partial charge >= 0.3 is 0 Å². The number of anilines is 1. The summed E-state index contributed by atoms with van der Waals surface area (Å²) in [6, 6.07) is 5.50. The number of nitrogens with two attached hydrogens (primary N) is 2. The molecule has 0 heterocycles. The van der Waals surface area contributed by atoms with Gasteiger partial charge in [0.05, 0.1) is 16.3 Å². The van der Waals surface area contributed by atoms with Crippen molar-refractivity contribution < 1.29 is 0 Å². The Hall–Kier alpha value is -1.24. The zero-order valence-corrected chi connectivity index (χ0v) is 8.30. The Morgan fingerprint density at radius 3 is 2.57 bits per heavy atom. The molecule has 3 nitrogen and oxygen atoms in total. The van der Waals surface area contributed by atoms with Crippen LogP contribution in [-0.4, -0.2) is 0 Å². The first kappa shape index (κ1) is 9.32. The zero-order valence-electron chi connectivity index (χ0n) is 7.55. The minimum atomic E-state index is -0.275. The van der Waals surface area contributed by atoms with Crippen LogP contribution in [0, 0.1) is 11.3 Å². The lowest BCUT2D eigenvalue weighted by Gasteiger charge is -2.11. The summed E-state index contributed by atoms with van der Waals surface area (Å²) in [6.45, 7) is 0. The number of halogens is 1. The summed E-state index contributed by atoms with van der Waals surface area (Å²) in [6.07, 6.45) is 1.89. The van der Waals surface area contributed by atoms with Crippen LogP contribution >= 0.6 is 11.6 Å². The van der Waals surface area contributed by atoms with Crippen molar-refractivity contribution in [2.24, 2.45) is 5.73 Å². The SMILES string of the molecule is N#Cc1cc(C2(N)CC2)cc(Cl)c1N. The van der Waals surface area contributed by atoms with E-state index in [-0.39, 0.29) is 5.54 Å². The molecule has 4 heteroatoms. The van der Waals surface area contributed by atoms with E-state index in [1.54, 1.807) is 12.1 Å². The van der Waals surface area contributed by atoms with Crippen molar-refractivity contribution in [1.29, 1.82) is 5.26 Å². The van der Waals surface area contributed by atoms with E-state index < -0.39 is 0 Å². The van der Waals surface area contributed by atoms with Crippen molar-refractivity contribution in [3.05, 3.63) is 28.3 Å². The molecule has 2 rings (SSSR count). The largest absolute Gasteiger partial charge is 0.396 e. The fourth-order valence-corrected chi connectivity index (χ4v) is 1.64. The van der Waals surface area contributed by atoms with E-state index in [1.807, 2.05) is 6.07 Å². The summed E-state index contributed by atoms with van der Waals surface area (Å²) in [7, 11) is 0. The smallest absolute Gasteiger partial charge is 0.101 e. The van der Waals surface area contributed by atoms with Crippen molar-refractivity contribution in [3.63, 3.8) is 0 Å². The van der Waals surface area contributed by atoms with Gasteiger partial charge in [-0.15, -0.1) is 0 Å². The maximum Gasteiger partial charge on any atom is 0.101 e. The van der Waals surface area contributed by atoms with Crippen LogP contribution in [0.25, 0.3) is 0 Å². The van der Waals surface area contributed by atoms with Gasteiger partial charge in [-0.3, -0.25) is 0 Å². The maximum absolute atomic E-state index is 8.82. The number of hydrogen-bond acceptors (Lipinski definition) is 3. The number of benzene rings is 1. The number of nitrogens with zero attached hydrogens (tertiary/aromatic N) is 1. The highest BCUT2D eigenvalue weighted by molar-refractivity contribution is 6.33. The van der Waals surface area contributed by atoms with E-state index in [0.29, 0.717) is 16.3 Å². The van der Waals surface area contributed by atoms with E-state index in [9.17, 15) is 0 Å². The maximum atomic E-state index is 8.82. The van der Waals surface area contributed by atoms with Crippen LogP contribution in [0.1, 0.15) is 24.0 Å². The molecule has 72 valence electrons. The molecule has 0 atom stereocenters. The van der Waals surface area contributed by atoms with Gasteiger partial charge < -0.3 is 11.5 Å². The molecule has 0 unspecified atom stereocenters. The second-order valence-electron chi connectivity index (χ2n) is 3.69. The highest BCUT2D eigenvalue weighted by atomic mass is 35.5. The highest BCUT2D eigenvalue weighted by Gasteiger charge is 2.40. The van der Waals surface area contributed by atoms with Gasteiger partial charge in [-0.1, -0.05) is 11.6 Å². The lowest BCUT2D eigenvalue weighted by Crippen LogP contribution is -2.19. The van der Waals surface area contributed by atoms with Crippen LogP contribution in [0.5, 0.6) is 0 Å². The average molecular weight is 208 g/mol. The summed E-state index contributed by atoms with van der Waals surface area (Å²) >= 11 is 5.90. The van der Waals surface area contributed by atoms with Gasteiger partial charge in [0.2, 0.25) is 0 Å². The fourth-order valence-electron chi connectivity index (χ4n) is 1.42. The Morgan fingerprint density at radius 1 is 1.43 bits per heavy atom. The van der Waals surface area contributed by atoms with Gasteiger partial charge in [-0.05, 0) is 30.5 Å². The predicted octanol–water partition coefficient (Wildman–Crippen LogP) is 1.74. The van der Waals surface area contributed by atoms with Crippen molar-refractivity contribution in [2.45, 2.75) is 18.4 Å². The standard InChI is InChI=1S/C10H10ClN3/c11-8-4-7(10(14)1-2-10)3-6(5-12)9(8)13/h3-4H,1-2,13-14H2. The first-order valence-electron chi connectivity index (χ1n) is 4.35. The third kappa shape index (κ3) is 1.33. The molecule has 0 bridgehead atoms. The Kier molecular flexibility index (Phi) is 1.91. The molecule has 0 spiro atoms. The number of nitrogen functional groups attached to an aromatic ring is 1. The summed E-state index contributed by atoms with van der Waals surface area (Å²) in [5.41, 5.74) is 13.0. The fraction of sp³-hybridized carbons (Fsp3) is 0.300. The molecule has 0 amide bonds. The first-order valence-corrected chi connectivity index (χ1v) is 4.73. The lowest BCUT2D eigenvalue weighted by atomic mass is 10.0. The molecule has 1 aromatic rings. The van der Waals surface area contributed by atoms with Gasteiger partial charge in [0, 0.05) is 5.54 Å². The minimum Gasteiger partial charge on any atom is -0.396 e. The van der Waals surface area contributed by atoms with Gasteiger partial charge in [-0.25, -0.2) is 0 Å². The Labute approximate surface area is 87.3 Å². The topological polar surface area (TPSA) is 75.8 Å². The van der Waals surface area contributed by atoms with Crippen LogP contribution in [-0.2, 0) is 5.54 Å². The molecule has 1 aliphatic rings. The Balaban J connectivity index is 2.56. The van der Waals surface area contributed by atoms with Crippen molar-refractivity contribution >= 4 is 17.3 Å². The molecule has 0 saturated heterocycles. The van der Waals surface area contributed by atoms with Gasteiger partial charge in [-0.2, -0.15) is 5.26 Å². The second-order valence-corrected chi connectivity index (χ2v) is 4.09. The minimum absolute atomic E-state index is 0.275. The van der Waals surface area contributed by atoms with Crippen LogP contribution in [0.15, 0.2) is 12.1 Å². The summed E-state index contributed by atoms with van der Waals surface area (Å²) in [5.74, 6) is 0. The van der Waals surface area contributed by atoms with Gasteiger partial charge in [0.15, 0.2) is 0 Å². The Bertz CT molecular complexity index is 430. The number of rotatable bonds is 1. The first-order chi connectivity index (χ1) is 6.57. The molecule has 0 aliphatic heterocycles. The Morgan fingerprint density at radius 2 is 2.07 bits per heavy atom. The monoisotopic (exact) mass is 207 g/mol. The van der Waals surface area contributed by atoms with Crippen LogP contribution in [0.4, 0.5) is 5.69 Å². The molecular weight excluding hydrogens is 198 g/mol. The molecular formula is C10H10ClN3. The molecule has 0 radical (unpaired) electrons. The van der Waals surface area contributed by atoms with E-state index in [4.69, 9.17) is 28.3 Å². The van der Waals surface area contributed by atoms with Gasteiger partial charge in [0.1, 0.15) is 6.07 Å². The molecule has 4 N–H and O–H groups in total. The number of nitriles is 1. The van der Waals surface area contributed by atoms with Crippen LogP contribution in [0.3, 0.4) is 0 Å². The quantitative estimate of drug-likeness (QED) is 0.689. The average Bonchev–Trinajstić information content (AvgIpc) is 2.89. The van der Waals surface area contributed by atoms with E-state index in [1.165, 1.54) is 0 Å². The molecule has 14 heavy (non-hydrogen) atoms. The van der Waals surface area contributed by atoms with Crippen molar-refractivity contribution in [3.8, 4) is 6.07 Å². The van der Waals surface area contributed by atoms with Crippen LogP contribution < -0.4 is 11.5 Å². The molecule has 1 aliphatic carbocycles. The van der Waals surface area contributed by atoms with Crippen LogP contribution in [0.2, 0.25) is 5.02 Å². The molecule has 0 aromatic heterocycles. The van der Waals surface area contributed by atoms with Crippen molar-refractivity contribution in [1.82, 2.24) is 0 Å². The normalized spacial score (nSPS) is 17.5. The summed E-state index contributed by atoms with van der Waals surface area (Å²) < 4.78 is 0. The van der Waals surface area contributed by atoms with E-state index in [0.717, 1.165) is 18.4 Å². The highest BCUT2D eigenvalue weighted by Crippen LogP contribution is 2.44. The lowest BCUT2D eigenvalue weighted by molar-refractivity contribution is 0.740. The predicted molar refractivity (Wildman–Crippen MR) is 55.7 cm³/mol. The third-order valence-corrected chi connectivity index (χ3v) is 2.93. The van der Waals surface area contributed by atoms with E-state index >= 15 is 0 Å². The summed E-state index contributed by atoms with van der Waals surface area (Å²) in [4.78, 5) is 0. The third-order valence-electron chi connectivity index (χ3n) is 2.61. The molecule has 1 saturated carbocycles. The molecule has 1 fully saturated rings.